The zero-order valence-corrected chi connectivity index (χ0v) is 23.3. The molecule has 2 saturated heterocycles. The van der Waals surface area contributed by atoms with E-state index >= 15 is 0 Å². The Bertz CT molecular complexity index is 1330. The Morgan fingerprint density at radius 1 is 1.10 bits per heavy atom. The Hall–Kier alpha value is -2.39. The lowest BCUT2D eigenvalue weighted by atomic mass is 9.65. The van der Waals surface area contributed by atoms with Crippen molar-refractivity contribution < 1.29 is 13.2 Å². The number of halogens is 3. The Morgan fingerprint density at radius 3 is 2.48 bits per heavy atom. The van der Waals surface area contributed by atoms with Gasteiger partial charge in [0.15, 0.2) is 0 Å². The zero-order chi connectivity index (χ0) is 28.2. The summed E-state index contributed by atoms with van der Waals surface area (Å²) in [5, 5.41) is 9.28. The molecule has 0 bridgehead atoms. The van der Waals surface area contributed by atoms with Gasteiger partial charge in [-0.1, -0.05) is 25.7 Å². The summed E-state index contributed by atoms with van der Waals surface area (Å²) >= 11 is 0. The highest BCUT2D eigenvalue weighted by Crippen LogP contribution is 2.47. The third-order valence-electron chi connectivity index (χ3n) is 10.3. The number of rotatable bonds is 6. The Morgan fingerprint density at radius 2 is 1.85 bits per heavy atom. The van der Waals surface area contributed by atoms with Gasteiger partial charge in [0.2, 0.25) is 0 Å². The molecule has 3 unspecified atom stereocenters. The molecule has 8 nitrogen and oxygen atoms in total. The van der Waals surface area contributed by atoms with Crippen LogP contribution >= 0.6 is 0 Å². The molecule has 218 valence electrons. The molecule has 2 aromatic rings. The van der Waals surface area contributed by atoms with E-state index in [2.05, 4.69) is 28.9 Å². The number of imidazole rings is 1. The number of nitriles is 1. The Labute approximate surface area is 233 Å². The molecule has 2 aliphatic heterocycles. The molecule has 0 radical (unpaired) electrons. The summed E-state index contributed by atoms with van der Waals surface area (Å²) in [6.07, 6.45) is 6.73. The van der Waals surface area contributed by atoms with Gasteiger partial charge in [-0.15, -0.1) is 0 Å². The second-order valence-corrected chi connectivity index (χ2v) is 12.6. The standard InChI is InChI=1S/C29H40F3N7O/c1-18(37-10-9-19(13-33)14-37)22-12-24(29(30,31)32)25-16-38(28(40)39(25)15-22)23-8-4-7-21(11-23)26(20-5-3-6-20)27-35-34-17-36(27)2/h12,15-16,18-21,23,26-27,34-35H,3-11,14,17H2,1-2H3/t18-,19-,21?,23?,26-,27?/m1/s1. The molecule has 40 heavy (non-hydrogen) atoms. The highest BCUT2D eigenvalue weighted by molar-refractivity contribution is 5.56. The maximum absolute atomic E-state index is 14.4. The third kappa shape index (κ3) is 4.97. The van der Waals surface area contributed by atoms with Crippen LogP contribution in [0.4, 0.5) is 13.2 Å². The van der Waals surface area contributed by atoms with Gasteiger partial charge < -0.3 is 0 Å². The van der Waals surface area contributed by atoms with E-state index in [0.29, 0.717) is 42.8 Å². The van der Waals surface area contributed by atoms with Crippen molar-refractivity contribution in [3.05, 3.63) is 40.1 Å². The van der Waals surface area contributed by atoms with E-state index in [1.807, 2.05) is 11.8 Å². The summed E-state index contributed by atoms with van der Waals surface area (Å²) in [6.45, 7) is 3.82. The van der Waals surface area contributed by atoms with Crippen LogP contribution in [0.1, 0.15) is 81.5 Å². The monoisotopic (exact) mass is 559 g/mol. The second-order valence-electron chi connectivity index (χ2n) is 12.6. The number of nitrogens with zero attached hydrogens (tertiary/aromatic N) is 5. The van der Waals surface area contributed by atoms with Crippen LogP contribution in [0.15, 0.2) is 23.3 Å². The molecule has 2 aliphatic carbocycles. The van der Waals surface area contributed by atoms with E-state index in [0.717, 1.165) is 32.4 Å². The number of likely N-dealkylation sites (tertiary alicyclic amines) is 1. The molecule has 4 aliphatic rings. The molecular weight excluding hydrogens is 519 g/mol. The van der Waals surface area contributed by atoms with Gasteiger partial charge in [0, 0.05) is 37.6 Å². The topological polar surface area (TPSA) is 80.7 Å². The van der Waals surface area contributed by atoms with Crippen LogP contribution < -0.4 is 16.5 Å². The van der Waals surface area contributed by atoms with E-state index in [-0.39, 0.29) is 29.7 Å². The van der Waals surface area contributed by atoms with Crippen molar-refractivity contribution >= 4 is 5.52 Å². The highest BCUT2D eigenvalue weighted by atomic mass is 19.4. The Balaban J connectivity index is 1.33. The van der Waals surface area contributed by atoms with Crippen molar-refractivity contribution in [3.8, 4) is 6.07 Å². The van der Waals surface area contributed by atoms with Crippen LogP contribution in [-0.2, 0) is 6.18 Å². The molecule has 0 amide bonds. The normalized spacial score (nSPS) is 30.4. The average Bonchev–Trinajstić information content (AvgIpc) is 3.63. The first-order valence-corrected chi connectivity index (χ1v) is 14.8. The maximum Gasteiger partial charge on any atom is 0.418 e. The van der Waals surface area contributed by atoms with Crippen molar-refractivity contribution in [1.82, 2.24) is 29.6 Å². The summed E-state index contributed by atoms with van der Waals surface area (Å²) in [5.41, 5.74) is 5.94. The summed E-state index contributed by atoms with van der Waals surface area (Å²) < 4.78 is 45.9. The van der Waals surface area contributed by atoms with Crippen molar-refractivity contribution in [2.45, 2.75) is 82.7 Å². The van der Waals surface area contributed by atoms with Crippen LogP contribution in [0.5, 0.6) is 0 Å². The summed E-state index contributed by atoms with van der Waals surface area (Å²) in [7, 11) is 2.12. The van der Waals surface area contributed by atoms with Gasteiger partial charge in [0.05, 0.1) is 35.9 Å². The first kappa shape index (κ1) is 27.8. The SMILES string of the molecule is C[C@H](c1cc(C(F)(F)F)c2cn(C3CCCC([C@@H](C4CCC4)C4NNCN4C)C3)c(=O)n2c1)N1CC[C@H](C#N)C1. The van der Waals surface area contributed by atoms with Gasteiger partial charge in [-0.05, 0) is 69.0 Å². The lowest BCUT2D eigenvalue weighted by molar-refractivity contribution is -0.136. The largest absolute Gasteiger partial charge is 0.418 e. The second kappa shape index (κ2) is 10.8. The van der Waals surface area contributed by atoms with Crippen molar-refractivity contribution in [3.63, 3.8) is 0 Å². The molecule has 2 aromatic heterocycles. The molecule has 4 heterocycles. The quantitative estimate of drug-likeness (QED) is 0.543. The van der Waals surface area contributed by atoms with Gasteiger partial charge in [0.25, 0.3) is 0 Å². The predicted molar refractivity (Wildman–Crippen MR) is 145 cm³/mol. The van der Waals surface area contributed by atoms with Gasteiger partial charge in [-0.2, -0.15) is 18.4 Å². The minimum absolute atomic E-state index is 0.0798. The van der Waals surface area contributed by atoms with Crippen LogP contribution in [0.3, 0.4) is 0 Å². The van der Waals surface area contributed by atoms with Gasteiger partial charge in [-0.3, -0.25) is 18.8 Å². The van der Waals surface area contributed by atoms with E-state index < -0.39 is 17.4 Å². The number of nitrogens with one attached hydrogen (secondary N) is 2. The van der Waals surface area contributed by atoms with E-state index in [4.69, 9.17) is 0 Å². The fourth-order valence-corrected chi connectivity index (χ4v) is 7.80. The average molecular weight is 560 g/mol. The van der Waals surface area contributed by atoms with Crippen LogP contribution in [0.25, 0.3) is 5.52 Å². The van der Waals surface area contributed by atoms with E-state index in [1.54, 1.807) is 10.8 Å². The predicted octanol–water partition coefficient (Wildman–Crippen LogP) is 4.50. The van der Waals surface area contributed by atoms with Crippen molar-refractivity contribution in [2.24, 2.45) is 23.7 Å². The minimum Gasteiger partial charge on any atom is -0.295 e. The van der Waals surface area contributed by atoms with Crippen LogP contribution in [0, 0.1) is 35.0 Å². The van der Waals surface area contributed by atoms with Crippen molar-refractivity contribution in [1.29, 1.82) is 5.26 Å². The molecule has 6 rings (SSSR count). The minimum atomic E-state index is -4.59. The van der Waals surface area contributed by atoms with E-state index in [1.165, 1.54) is 35.9 Å². The number of hydrogen-bond acceptors (Lipinski definition) is 6. The molecular formula is C29H40F3N7O. The van der Waals surface area contributed by atoms with E-state index in [9.17, 15) is 23.2 Å². The molecule has 0 spiro atoms. The molecule has 6 atom stereocenters. The molecule has 4 fully saturated rings. The number of aromatic nitrogens is 2. The third-order valence-corrected chi connectivity index (χ3v) is 10.3. The zero-order valence-electron chi connectivity index (χ0n) is 23.3. The number of alkyl halides is 3. The summed E-state index contributed by atoms with van der Waals surface area (Å²) in [4.78, 5) is 18.1. The van der Waals surface area contributed by atoms with Crippen LogP contribution in [0.2, 0.25) is 0 Å². The lowest BCUT2D eigenvalue weighted by Gasteiger charge is -2.46. The first-order valence-electron chi connectivity index (χ1n) is 14.8. The molecule has 2 saturated carbocycles. The molecule has 0 aromatic carbocycles. The number of pyridine rings is 1. The molecule has 11 heteroatoms. The fraction of sp³-hybridized carbons (Fsp3) is 0.724. The summed E-state index contributed by atoms with van der Waals surface area (Å²) in [6, 6.07) is 3.02. The number of hydrogen-bond donors (Lipinski definition) is 2. The maximum atomic E-state index is 14.4. The smallest absolute Gasteiger partial charge is 0.295 e. The van der Waals surface area contributed by atoms with Gasteiger partial charge >= 0.3 is 11.9 Å². The highest BCUT2D eigenvalue weighted by Gasteiger charge is 2.44. The lowest BCUT2D eigenvalue weighted by Crippen LogP contribution is -2.50. The Kier molecular flexibility index (Phi) is 7.49. The van der Waals surface area contributed by atoms with Crippen molar-refractivity contribution in [2.75, 3.05) is 26.8 Å². The van der Waals surface area contributed by atoms with Gasteiger partial charge in [0.1, 0.15) is 0 Å². The first-order chi connectivity index (χ1) is 19.2. The summed E-state index contributed by atoms with van der Waals surface area (Å²) in [5.74, 6) is 1.37. The fourth-order valence-electron chi connectivity index (χ4n) is 7.80. The van der Waals surface area contributed by atoms with Gasteiger partial charge in [-0.25, -0.2) is 15.6 Å². The molecule has 2 N–H and O–H groups in total. The number of hydrazine groups is 1. The number of fused-ring (bicyclic) bond motifs is 1. The van der Waals surface area contributed by atoms with Crippen LogP contribution in [-0.4, -0.2) is 51.7 Å².